The number of phenolic OH excluding ortho intramolecular Hbond substituents is 1. The first-order valence-corrected chi connectivity index (χ1v) is 4.96. The van der Waals surface area contributed by atoms with Crippen molar-refractivity contribution in [2.75, 3.05) is 0 Å². The Balaban J connectivity index is 0.00000256. The Kier molecular flexibility index (Phi) is 5.87. The van der Waals surface area contributed by atoms with Gasteiger partial charge in [0.1, 0.15) is 0 Å². The SMILES string of the molecule is Cl.N[C@H](CC(F)(F)F)c1cc(Cl)c(O)c(Cl)c1. The molecule has 2 nitrogen and oxygen atoms in total. The predicted molar refractivity (Wildman–Crippen MR) is 63.0 cm³/mol. The highest BCUT2D eigenvalue weighted by Crippen LogP contribution is 2.36. The van der Waals surface area contributed by atoms with Crippen LogP contribution in [-0.4, -0.2) is 11.3 Å². The molecule has 0 bridgehead atoms. The van der Waals surface area contributed by atoms with Crippen molar-refractivity contribution in [1.82, 2.24) is 0 Å². The van der Waals surface area contributed by atoms with E-state index in [-0.39, 0.29) is 33.8 Å². The molecule has 17 heavy (non-hydrogen) atoms. The first-order chi connectivity index (χ1) is 7.20. The highest BCUT2D eigenvalue weighted by Gasteiger charge is 2.31. The average molecular weight is 311 g/mol. The van der Waals surface area contributed by atoms with Gasteiger partial charge in [-0.05, 0) is 17.7 Å². The Labute approximate surface area is 112 Å². The fraction of sp³-hybridized carbons (Fsp3) is 0.333. The molecule has 8 heteroatoms. The van der Waals surface area contributed by atoms with Gasteiger partial charge in [0.05, 0.1) is 16.5 Å². The highest BCUT2D eigenvalue weighted by atomic mass is 35.5. The van der Waals surface area contributed by atoms with Gasteiger partial charge in [-0.1, -0.05) is 23.2 Å². The number of rotatable bonds is 2. The molecule has 0 saturated carbocycles. The minimum absolute atomic E-state index is 0. The Bertz CT molecular complexity index is 375. The molecule has 98 valence electrons. The molecule has 1 atom stereocenters. The van der Waals surface area contributed by atoms with E-state index in [1.807, 2.05) is 0 Å². The van der Waals surface area contributed by atoms with Gasteiger partial charge in [-0.15, -0.1) is 12.4 Å². The van der Waals surface area contributed by atoms with Gasteiger partial charge >= 0.3 is 6.18 Å². The summed E-state index contributed by atoms with van der Waals surface area (Å²) >= 11 is 11.1. The summed E-state index contributed by atoms with van der Waals surface area (Å²) in [4.78, 5) is 0. The molecule has 0 aliphatic heterocycles. The quantitative estimate of drug-likeness (QED) is 0.865. The van der Waals surface area contributed by atoms with E-state index >= 15 is 0 Å². The molecular weight excluding hydrogens is 301 g/mol. The summed E-state index contributed by atoms with van der Waals surface area (Å²) in [5.41, 5.74) is 5.48. The molecule has 0 fully saturated rings. The van der Waals surface area contributed by atoms with Crippen LogP contribution >= 0.6 is 35.6 Å². The van der Waals surface area contributed by atoms with Crippen LogP contribution < -0.4 is 5.73 Å². The minimum Gasteiger partial charge on any atom is -0.505 e. The van der Waals surface area contributed by atoms with Crippen molar-refractivity contribution in [2.45, 2.75) is 18.6 Å². The van der Waals surface area contributed by atoms with Crippen LogP contribution in [0, 0.1) is 0 Å². The number of nitrogens with two attached hydrogens (primary N) is 1. The molecule has 0 saturated heterocycles. The third-order valence-corrected chi connectivity index (χ3v) is 2.49. The van der Waals surface area contributed by atoms with Gasteiger partial charge in [0, 0.05) is 6.04 Å². The molecule has 0 spiro atoms. The second kappa shape index (κ2) is 6.00. The van der Waals surface area contributed by atoms with Gasteiger partial charge in [-0.25, -0.2) is 0 Å². The van der Waals surface area contributed by atoms with Crippen LogP contribution in [0.1, 0.15) is 18.0 Å². The monoisotopic (exact) mass is 309 g/mol. The second-order valence-electron chi connectivity index (χ2n) is 3.26. The maximum absolute atomic E-state index is 12.1. The number of aromatic hydroxyl groups is 1. The van der Waals surface area contributed by atoms with Crippen molar-refractivity contribution in [3.8, 4) is 5.75 Å². The number of benzene rings is 1. The van der Waals surface area contributed by atoms with Gasteiger partial charge in [0.15, 0.2) is 5.75 Å². The van der Waals surface area contributed by atoms with Crippen LogP contribution in [0.4, 0.5) is 13.2 Å². The van der Waals surface area contributed by atoms with E-state index in [0.29, 0.717) is 0 Å². The lowest BCUT2D eigenvalue weighted by atomic mass is 10.0. The summed E-state index contributed by atoms with van der Waals surface area (Å²) in [5.74, 6) is -0.369. The number of phenols is 1. The molecule has 0 aliphatic rings. The number of hydrogen-bond acceptors (Lipinski definition) is 2. The normalized spacial score (nSPS) is 13.1. The Morgan fingerprint density at radius 1 is 1.24 bits per heavy atom. The first kappa shape index (κ1) is 16.6. The van der Waals surface area contributed by atoms with Crippen molar-refractivity contribution in [1.29, 1.82) is 0 Å². The van der Waals surface area contributed by atoms with Crippen LogP contribution in [0.3, 0.4) is 0 Å². The third-order valence-electron chi connectivity index (χ3n) is 1.92. The molecule has 0 amide bonds. The van der Waals surface area contributed by atoms with Crippen LogP contribution in [-0.2, 0) is 0 Å². The van der Waals surface area contributed by atoms with Crippen LogP contribution in [0.25, 0.3) is 0 Å². The summed E-state index contributed by atoms with van der Waals surface area (Å²) in [5, 5.41) is 8.97. The van der Waals surface area contributed by atoms with E-state index in [0.717, 1.165) is 0 Å². The molecule has 0 unspecified atom stereocenters. The predicted octanol–water partition coefficient (Wildman–Crippen LogP) is 4.07. The van der Waals surface area contributed by atoms with E-state index in [1.165, 1.54) is 12.1 Å². The van der Waals surface area contributed by atoms with Gasteiger partial charge < -0.3 is 10.8 Å². The van der Waals surface area contributed by atoms with E-state index in [1.54, 1.807) is 0 Å². The summed E-state index contributed by atoms with van der Waals surface area (Å²) in [6.45, 7) is 0. The summed E-state index contributed by atoms with van der Waals surface area (Å²) in [7, 11) is 0. The number of hydrogen-bond donors (Lipinski definition) is 2. The molecular formula is C9H9Cl3F3NO. The highest BCUT2D eigenvalue weighted by molar-refractivity contribution is 6.37. The average Bonchev–Trinajstić information content (AvgIpc) is 2.10. The number of halogens is 6. The number of alkyl halides is 3. The van der Waals surface area contributed by atoms with Crippen LogP contribution in [0.2, 0.25) is 10.0 Å². The molecule has 1 rings (SSSR count). The van der Waals surface area contributed by atoms with Crippen LogP contribution in [0.15, 0.2) is 12.1 Å². The zero-order chi connectivity index (χ0) is 12.5. The van der Waals surface area contributed by atoms with E-state index < -0.39 is 18.6 Å². The lowest BCUT2D eigenvalue weighted by Crippen LogP contribution is -2.20. The smallest absolute Gasteiger partial charge is 0.390 e. The van der Waals surface area contributed by atoms with Gasteiger partial charge in [0.2, 0.25) is 0 Å². The molecule has 1 aromatic carbocycles. The maximum atomic E-state index is 12.1. The first-order valence-electron chi connectivity index (χ1n) is 4.21. The van der Waals surface area contributed by atoms with Crippen molar-refractivity contribution in [2.24, 2.45) is 5.73 Å². The molecule has 0 aliphatic carbocycles. The molecule has 0 radical (unpaired) electrons. The largest absolute Gasteiger partial charge is 0.505 e. The van der Waals surface area contributed by atoms with E-state index in [9.17, 15) is 18.3 Å². The Morgan fingerprint density at radius 3 is 2.00 bits per heavy atom. The molecule has 0 aromatic heterocycles. The van der Waals surface area contributed by atoms with Gasteiger partial charge in [-0.2, -0.15) is 13.2 Å². The van der Waals surface area contributed by atoms with E-state index in [4.69, 9.17) is 28.9 Å². The fourth-order valence-corrected chi connectivity index (χ4v) is 1.67. The lowest BCUT2D eigenvalue weighted by molar-refractivity contribution is -0.138. The van der Waals surface area contributed by atoms with Gasteiger partial charge in [0.25, 0.3) is 0 Å². The zero-order valence-electron chi connectivity index (χ0n) is 8.26. The fourth-order valence-electron chi connectivity index (χ4n) is 1.17. The molecule has 1 aromatic rings. The zero-order valence-corrected chi connectivity index (χ0v) is 10.6. The maximum Gasteiger partial charge on any atom is 0.390 e. The molecule has 3 N–H and O–H groups in total. The Hall–Kier alpha value is -0.360. The van der Waals surface area contributed by atoms with Crippen molar-refractivity contribution >= 4 is 35.6 Å². The third kappa shape index (κ3) is 4.79. The standard InChI is InChI=1S/C9H8Cl2F3NO.ClH/c10-5-1-4(2-6(11)8(5)16)7(15)3-9(12,13)14;/h1-2,7,16H,3,15H2;1H/t7-;/m1./s1. The topological polar surface area (TPSA) is 46.2 Å². The Morgan fingerprint density at radius 2 is 1.65 bits per heavy atom. The van der Waals surface area contributed by atoms with Gasteiger partial charge in [-0.3, -0.25) is 0 Å². The van der Waals surface area contributed by atoms with E-state index in [2.05, 4.69) is 0 Å². The van der Waals surface area contributed by atoms with Crippen molar-refractivity contribution < 1.29 is 18.3 Å². The lowest BCUT2D eigenvalue weighted by Gasteiger charge is -2.15. The summed E-state index contributed by atoms with van der Waals surface area (Å²) in [6, 6.07) is 1.08. The van der Waals surface area contributed by atoms with Crippen molar-refractivity contribution in [3.05, 3.63) is 27.7 Å². The van der Waals surface area contributed by atoms with Crippen molar-refractivity contribution in [3.63, 3.8) is 0 Å². The minimum atomic E-state index is -4.36. The second-order valence-corrected chi connectivity index (χ2v) is 4.07. The molecule has 0 heterocycles. The van der Waals surface area contributed by atoms with Crippen LogP contribution in [0.5, 0.6) is 5.75 Å². The summed E-state index contributed by atoms with van der Waals surface area (Å²) in [6.07, 6.45) is -5.54. The summed E-state index contributed by atoms with van der Waals surface area (Å²) < 4.78 is 36.2.